The van der Waals surface area contributed by atoms with Crippen LogP contribution in [0.5, 0.6) is 0 Å². The lowest BCUT2D eigenvalue weighted by Crippen LogP contribution is -2.15. The number of carboxylic acid groups (broad SMARTS) is 1. The summed E-state index contributed by atoms with van der Waals surface area (Å²) >= 11 is -1.60. The Labute approximate surface area is 237 Å². The predicted molar refractivity (Wildman–Crippen MR) is 155 cm³/mol. The largest absolute Gasteiger partial charge is 0.588 e. The van der Waals surface area contributed by atoms with Crippen molar-refractivity contribution in [3.05, 3.63) is 82.1 Å². The van der Waals surface area contributed by atoms with Crippen molar-refractivity contribution in [1.82, 2.24) is 14.7 Å². The molecule has 2 N–H and O–H groups in total. The molecule has 40 heavy (non-hydrogen) atoms. The van der Waals surface area contributed by atoms with E-state index in [1.165, 1.54) is 0 Å². The number of aryl methyl sites for hydroxylation is 3. The fourth-order valence-corrected chi connectivity index (χ4v) is 5.71. The lowest BCUT2D eigenvalue weighted by Gasteiger charge is -2.17. The maximum Gasteiger partial charge on any atom is 0.354 e. The molecule has 9 nitrogen and oxygen atoms in total. The smallest absolute Gasteiger partial charge is 0.354 e. The Bertz CT molecular complexity index is 1480. The predicted octanol–water partition coefficient (Wildman–Crippen LogP) is 6.09. The number of carbonyl (C=O) groups is 1. The van der Waals surface area contributed by atoms with Crippen LogP contribution in [0.25, 0.3) is 11.1 Å². The molecule has 1 unspecified atom stereocenters. The minimum atomic E-state index is -1.60. The van der Waals surface area contributed by atoms with Crippen LogP contribution in [0.1, 0.15) is 71.6 Å². The number of nitrogens with one attached hydrogen (secondary N) is 1. The Morgan fingerprint density at radius 1 is 1.15 bits per heavy atom. The molecule has 2 heterocycles. The number of aromatic nitrogens is 3. The third-order valence-electron chi connectivity index (χ3n) is 6.83. The fourth-order valence-electron chi connectivity index (χ4n) is 4.65. The number of anilines is 1. The average Bonchev–Trinajstić information content (AvgIpc) is 3.46. The first-order valence-electron chi connectivity index (χ1n) is 13.5. The number of aromatic carboxylic acids is 1. The van der Waals surface area contributed by atoms with Gasteiger partial charge in [-0.15, -0.1) is 0 Å². The highest BCUT2D eigenvalue weighted by molar-refractivity contribution is 7.92. The minimum Gasteiger partial charge on any atom is -0.588 e. The molecule has 1 atom stereocenters. The summed E-state index contributed by atoms with van der Waals surface area (Å²) < 4.78 is 29.3. The Kier molecular flexibility index (Phi) is 9.67. The van der Waals surface area contributed by atoms with Crippen molar-refractivity contribution in [1.29, 1.82) is 0 Å². The standard InChI is InChI=1S/C30H36N4O5S/c1-6-11-27-31-25(7-2)28(30(35)36)34(27)17-21-14-15-23(22(16-21)18-38-8-3)24-12-9-10-13-26(24)40(37)33-29-19(4)20(5)39-32-29/h9-10,12-16H,6-8,11,17-18H2,1-5H3,(H,32,33)(H,35,36). The van der Waals surface area contributed by atoms with Gasteiger partial charge in [0.1, 0.15) is 22.9 Å². The summed E-state index contributed by atoms with van der Waals surface area (Å²) in [6.07, 6.45) is 2.11. The van der Waals surface area contributed by atoms with Gasteiger partial charge in [-0.25, -0.2) is 9.78 Å². The number of nitrogens with zero attached hydrogens (tertiary/aromatic N) is 3. The van der Waals surface area contributed by atoms with E-state index in [0.29, 0.717) is 54.8 Å². The summed E-state index contributed by atoms with van der Waals surface area (Å²) in [4.78, 5) is 17.4. The van der Waals surface area contributed by atoms with Crippen molar-refractivity contribution in [3.8, 4) is 11.1 Å². The summed E-state index contributed by atoms with van der Waals surface area (Å²) in [5, 5.41) is 14.0. The zero-order valence-electron chi connectivity index (χ0n) is 23.6. The number of carboxylic acids is 1. The van der Waals surface area contributed by atoms with Crippen LogP contribution in [0.3, 0.4) is 0 Å². The molecule has 0 aliphatic heterocycles. The molecule has 4 aromatic rings. The maximum absolute atomic E-state index is 13.5. The molecule has 2 aromatic heterocycles. The highest BCUT2D eigenvalue weighted by Gasteiger charge is 2.24. The third kappa shape index (κ3) is 6.24. The van der Waals surface area contributed by atoms with E-state index in [9.17, 15) is 14.5 Å². The molecular weight excluding hydrogens is 528 g/mol. The normalized spacial score (nSPS) is 12.1. The summed E-state index contributed by atoms with van der Waals surface area (Å²) in [6.45, 7) is 10.9. The second kappa shape index (κ2) is 13.2. The average molecular weight is 565 g/mol. The van der Waals surface area contributed by atoms with E-state index in [1.54, 1.807) is 0 Å². The summed E-state index contributed by atoms with van der Waals surface area (Å²) in [6, 6.07) is 13.5. The van der Waals surface area contributed by atoms with Crippen molar-refractivity contribution in [3.63, 3.8) is 0 Å². The van der Waals surface area contributed by atoms with E-state index >= 15 is 0 Å². The number of rotatable bonds is 13. The molecule has 0 saturated carbocycles. The van der Waals surface area contributed by atoms with Gasteiger partial charge in [0.15, 0.2) is 10.6 Å². The molecule has 212 valence electrons. The van der Waals surface area contributed by atoms with E-state index in [1.807, 2.05) is 74.7 Å². The number of ether oxygens (including phenoxy) is 1. The van der Waals surface area contributed by atoms with Crippen molar-refractivity contribution < 1.29 is 23.7 Å². The summed E-state index contributed by atoms with van der Waals surface area (Å²) in [7, 11) is 0. The summed E-state index contributed by atoms with van der Waals surface area (Å²) in [5.74, 6) is 0.913. The molecule has 2 aromatic carbocycles. The van der Waals surface area contributed by atoms with E-state index in [2.05, 4.69) is 21.8 Å². The van der Waals surface area contributed by atoms with Crippen LogP contribution >= 0.6 is 0 Å². The zero-order valence-corrected chi connectivity index (χ0v) is 24.4. The Hall–Kier alpha value is -3.60. The van der Waals surface area contributed by atoms with Crippen LogP contribution in [0, 0.1) is 13.8 Å². The Balaban J connectivity index is 1.74. The molecule has 0 aliphatic carbocycles. The van der Waals surface area contributed by atoms with Crippen LogP contribution < -0.4 is 4.72 Å². The van der Waals surface area contributed by atoms with Gasteiger partial charge in [0.25, 0.3) is 0 Å². The van der Waals surface area contributed by atoms with E-state index in [-0.39, 0.29) is 5.69 Å². The molecule has 10 heteroatoms. The van der Waals surface area contributed by atoms with Gasteiger partial charge in [0.2, 0.25) is 5.82 Å². The van der Waals surface area contributed by atoms with Crippen molar-refractivity contribution in [2.24, 2.45) is 0 Å². The van der Waals surface area contributed by atoms with Gasteiger partial charge in [-0.1, -0.05) is 49.3 Å². The molecule has 0 saturated heterocycles. The first-order chi connectivity index (χ1) is 19.3. The molecule has 4 rings (SSSR count). The summed E-state index contributed by atoms with van der Waals surface area (Å²) in [5.41, 5.74) is 5.20. The van der Waals surface area contributed by atoms with Gasteiger partial charge in [-0.05, 0) is 62.4 Å². The van der Waals surface area contributed by atoms with E-state index in [0.717, 1.165) is 40.1 Å². The first-order valence-corrected chi connectivity index (χ1v) is 14.7. The van der Waals surface area contributed by atoms with Crippen molar-refractivity contribution in [2.45, 2.75) is 71.9 Å². The van der Waals surface area contributed by atoms with Gasteiger partial charge in [0, 0.05) is 30.7 Å². The SMILES string of the molecule is CCCc1nc(CC)c(C(=O)O)n1Cc1ccc(-c2ccccc2[S+]([O-])Nc2noc(C)c2C)c(COCC)c1. The number of benzene rings is 2. The lowest BCUT2D eigenvalue weighted by atomic mass is 9.97. The number of imidazole rings is 1. The van der Waals surface area contributed by atoms with Crippen LogP contribution in [-0.4, -0.2) is 36.9 Å². The second-order valence-electron chi connectivity index (χ2n) is 9.53. The number of hydrogen-bond donors (Lipinski definition) is 2. The van der Waals surface area contributed by atoms with Crippen molar-refractivity contribution >= 4 is 23.1 Å². The van der Waals surface area contributed by atoms with Gasteiger partial charge in [-0.3, -0.25) is 0 Å². The van der Waals surface area contributed by atoms with Gasteiger partial charge in [-0.2, -0.15) is 4.72 Å². The number of hydrogen-bond acceptors (Lipinski definition) is 7. The lowest BCUT2D eigenvalue weighted by molar-refractivity contribution is 0.0684. The molecule has 0 bridgehead atoms. The maximum atomic E-state index is 13.5. The van der Waals surface area contributed by atoms with Gasteiger partial charge >= 0.3 is 5.97 Å². The topological polar surface area (TPSA) is 125 Å². The quantitative estimate of drug-likeness (QED) is 0.187. The van der Waals surface area contributed by atoms with Crippen LogP contribution in [0.4, 0.5) is 5.82 Å². The molecule has 0 amide bonds. The highest BCUT2D eigenvalue weighted by Crippen LogP contribution is 2.33. The first kappa shape index (κ1) is 29.4. The monoisotopic (exact) mass is 564 g/mol. The minimum absolute atomic E-state index is 0.242. The van der Waals surface area contributed by atoms with Gasteiger partial charge in [0.05, 0.1) is 12.3 Å². The van der Waals surface area contributed by atoms with E-state index < -0.39 is 17.3 Å². The Morgan fingerprint density at radius 3 is 2.58 bits per heavy atom. The molecule has 0 radical (unpaired) electrons. The van der Waals surface area contributed by atoms with Crippen LogP contribution in [-0.2, 0) is 42.1 Å². The fraction of sp³-hybridized carbons (Fsp3) is 0.367. The van der Waals surface area contributed by atoms with Gasteiger partial charge < -0.3 is 23.5 Å². The molecule has 0 fully saturated rings. The van der Waals surface area contributed by atoms with E-state index in [4.69, 9.17) is 9.26 Å². The van der Waals surface area contributed by atoms with Crippen LogP contribution in [0.2, 0.25) is 0 Å². The molecular formula is C30H36N4O5S. The van der Waals surface area contributed by atoms with Crippen LogP contribution in [0.15, 0.2) is 51.9 Å². The zero-order chi connectivity index (χ0) is 28.8. The molecule has 0 aliphatic rings. The second-order valence-corrected chi connectivity index (χ2v) is 10.7. The van der Waals surface area contributed by atoms with Crippen molar-refractivity contribution in [2.75, 3.05) is 11.3 Å². The molecule has 0 spiro atoms. The Morgan fingerprint density at radius 2 is 1.93 bits per heavy atom. The third-order valence-corrected chi connectivity index (χ3v) is 7.96. The highest BCUT2D eigenvalue weighted by atomic mass is 32.2.